The Balaban J connectivity index is 3.12. The van der Waals surface area contributed by atoms with Gasteiger partial charge in [-0.1, -0.05) is 29.8 Å². The molecule has 0 fully saturated rings. The molecule has 0 amide bonds. The van der Waals surface area contributed by atoms with Gasteiger partial charge in [0.15, 0.2) is 0 Å². The molecule has 0 bridgehead atoms. The predicted octanol–water partition coefficient (Wildman–Crippen LogP) is 2.17. The number of methoxy groups -OCH3 is 1. The number of hydrogen-bond acceptors (Lipinski definition) is 4. The molecule has 0 spiro atoms. The minimum atomic E-state index is -3.80. The van der Waals surface area contributed by atoms with Gasteiger partial charge in [-0.15, -0.1) is 0 Å². The van der Waals surface area contributed by atoms with E-state index < -0.39 is 21.5 Å². The summed E-state index contributed by atoms with van der Waals surface area (Å²) in [5.41, 5.74) is -0.385. The molecule has 1 aromatic carbocycles. The topological polar surface area (TPSA) is 72.5 Å². The lowest BCUT2D eigenvalue weighted by atomic mass is 9.99. The molecule has 1 N–H and O–H groups in total. The third kappa shape index (κ3) is 4.41. The van der Waals surface area contributed by atoms with E-state index in [-0.39, 0.29) is 11.3 Å². The molecule has 0 saturated heterocycles. The molecule has 1 atom stereocenters. The number of allylic oxidation sites excluding steroid dienone is 1. The zero-order chi connectivity index (χ0) is 16.1. The largest absolute Gasteiger partial charge is 0.468 e. The Kier molecular flexibility index (Phi) is 5.69. The van der Waals surface area contributed by atoms with E-state index in [0.717, 1.165) is 5.56 Å². The Labute approximate surface area is 126 Å². The zero-order valence-corrected chi connectivity index (χ0v) is 13.5. The van der Waals surface area contributed by atoms with Gasteiger partial charge in [0.1, 0.15) is 5.54 Å². The molecule has 21 heavy (non-hydrogen) atoms. The molecule has 6 heteroatoms. The average molecular weight is 311 g/mol. The summed E-state index contributed by atoms with van der Waals surface area (Å²) in [7, 11) is -2.57. The summed E-state index contributed by atoms with van der Waals surface area (Å²) in [5, 5.41) is 0. The molecule has 1 rings (SSSR count). The van der Waals surface area contributed by atoms with Crippen molar-refractivity contribution in [1.29, 1.82) is 0 Å². The number of hydrogen-bond donors (Lipinski definition) is 1. The minimum absolute atomic E-state index is 0.115. The van der Waals surface area contributed by atoms with Gasteiger partial charge in [-0.05, 0) is 39.3 Å². The third-order valence-electron chi connectivity index (χ3n) is 3.09. The van der Waals surface area contributed by atoms with Crippen LogP contribution < -0.4 is 4.72 Å². The molecular weight excluding hydrogens is 290 g/mol. The first-order valence-electron chi connectivity index (χ1n) is 6.55. The summed E-state index contributed by atoms with van der Waals surface area (Å²) in [5.74, 6) is -0.628. The highest BCUT2D eigenvalue weighted by Gasteiger charge is 2.37. The fraction of sp³-hybridized carbons (Fsp3) is 0.400. The molecule has 0 heterocycles. The van der Waals surface area contributed by atoms with E-state index in [1.54, 1.807) is 31.2 Å². The Morgan fingerprint density at radius 3 is 2.38 bits per heavy atom. The van der Waals surface area contributed by atoms with Crippen molar-refractivity contribution in [3.8, 4) is 0 Å². The van der Waals surface area contributed by atoms with Crippen molar-refractivity contribution < 1.29 is 17.9 Å². The first-order valence-corrected chi connectivity index (χ1v) is 8.04. The van der Waals surface area contributed by atoms with Gasteiger partial charge in [-0.3, -0.25) is 4.79 Å². The summed E-state index contributed by atoms with van der Waals surface area (Å²) in [6, 6.07) is 6.42. The standard InChI is InChI=1S/C15H21NO4S/c1-5-6-11-15(3,14(17)20-4)16-21(18,19)13-9-7-12(2)8-10-13/h5-10,16H,11H2,1-4H3/b6-5+. The quantitative estimate of drug-likeness (QED) is 0.645. The van der Waals surface area contributed by atoms with Crippen LogP contribution in [0.25, 0.3) is 0 Å². The monoisotopic (exact) mass is 311 g/mol. The van der Waals surface area contributed by atoms with Crippen LogP contribution in [0.1, 0.15) is 25.8 Å². The number of rotatable bonds is 6. The van der Waals surface area contributed by atoms with Gasteiger partial charge in [0.05, 0.1) is 12.0 Å². The second-order valence-corrected chi connectivity index (χ2v) is 6.70. The van der Waals surface area contributed by atoms with Crippen molar-refractivity contribution in [3.05, 3.63) is 42.0 Å². The maximum absolute atomic E-state index is 12.4. The molecule has 0 radical (unpaired) electrons. The van der Waals surface area contributed by atoms with Crippen LogP contribution in [-0.4, -0.2) is 27.0 Å². The Bertz CT molecular complexity index is 620. The van der Waals surface area contributed by atoms with E-state index in [1.807, 2.05) is 6.92 Å². The summed E-state index contributed by atoms with van der Waals surface area (Å²) < 4.78 is 32.0. The highest BCUT2D eigenvalue weighted by atomic mass is 32.2. The van der Waals surface area contributed by atoms with Crippen LogP contribution in [0.3, 0.4) is 0 Å². The molecule has 0 saturated carbocycles. The summed E-state index contributed by atoms with van der Waals surface area (Å²) >= 11 is 0. The number of nitrogens with one attached hydrogen (secondary N) is 1. The highest BCUT2D eigenvalue weighted by molar-refractivity contribution is 7.89. The Morgan fingerprint density at radius 2 is 1.90 bits per heavy atom. The van der Waals surface area contributed by atoms with Gasteiger partial charge in [-0.2, -0.15) is 4.72 Å². The Hall–Kier alpha value is -1.66. The molecule has 0 aliphatic heterocycles. The number of sulfonamides is 1. The molecule has 5 nitrogen and oxygen atoms in total. The number of benzene rings is 1. The van der Waals surface area contributed by atoms with E-state index >= 15 is 0 Å². The summed E-state index contributed by atoms with van der Waals surface area (Å²) in [4.78, 5) is 12.0. The fourth-order valence-electron chi connectivity index (χ4n) is 1.82. The van der Waals surface area contributed by atoms with Crippen LogP contribution in [0.5, 0.6) is 0 Å². The summed E-state index contributed by atoms with van der Waals surface area (Å²) in [6.07, 6.45) is 3.68. The van der Waals surface area contributed by atoms with Gasteiger partial charge in [0, 0.05) is 0 Å². The van der Waals surface area contributed by atoms with Gasteiger partial charge < -0.3 is 4.74 Å². The number of carbonyl (C=O) groups excluding carboxylic acids is 1. The summed E-state index contributed by atoms with van der Waals surface area (Å²) in [6.45, 7) is 5.17. The van der Waals surface area contributed by atoms with E-state index in [9.17, 15) is 13.2 Å². The SMILES string of the molecule is C/C=C/CC(C)(NS(=O)(=O)c1ccc(C)cc1)C(=O)OC. The maximum Gasteiger partial charge on any atom is 0.327 e. The van der Waals surface area contributed by atoms with Crippen molar-refractivity contribution in [2.24, 2.45) is 0 Å². The van der Waals surface area contributed by atoms with E-state index in [1.165, 1.54) is 26.2 Å². The molecule has 0 aromatic heterocycles. The molecule has 1 aromatic rings. The van der Waals surface area contributed by atoms with Crippen LogP contribution in [-0.2, 0) is 19.6 Å². The van der Waals surface area contributed by atoms with E-state index in [0.29, 0.717) is 0 Å². The van der Waals surface area contributed by atoms with Crippen molar-refractivity contribution in [2.75, 3.05) is 7.11 Å². The lowest BCUT2D eigenvalue weighted by Gasteiger charge is -2.26. The van der Waals surface area contributed by atoms with Crippen molar-refractivity contribution >= 4 is 16.0 Å². The number of ether oxygens (including phenoxy) is 1. The molecule has 0 aliphatic carbocycles. The van der Waals surface area contributed by atoms with Crippen LogP contribution in [0.4, 0.5) is 0 Å². The fourth-order valence-corrected chi connectivity index (χ4v) is 3.19. The van der Waals surface area contributed by atoms with Crippen LogP contribution in [0.15, 0.2) is 41.3 Å². The van der Waals surface area contributed by atoms with E-state index in [2.05, 4.69) is 4.72 Å². The molecule has 116 valence electrons. The molecule has 0 aliphatic rings. The highest BCUT2D eigenvalue weighted by Crippen LogP contribution is 2.18. The third-order valence-corrected chi connectivity index (χ3v) is 4.70. The maximum atomic E-state index is 12.4. The minimum Gasteiger partial charge on any atom is -0.468 e. The van der Waals surface area contributed by atoms with Gasteiger partial charge in [0.2, 0.25) is 10.0 Å². The van der Waals surface area contributed by atoms with Gasteiger partial charge >= 0.3 is 5.97 Å². The smallest absolute Gasteiger partial charge is 0.327 e. The molecule has 1 unspecified atom stereocenters. The number of aryl methyl sites for hydroxylation is 1. The van der Waals surface area contributed by atoms with Crippen molar-refractivity contribution in [1.82, 2.24) is 4.72 Å². The average Bonchev–Trinajstić information content (AvgIpc) is 2.44. The normalized spacial score (nSPS) is 14.9. The Morgan fingerprint density at radius 1 is 1.33 bits per heavy atom. The first-order chi connectivity index (χ1) is 9.75. The molecular formula is C15H21NO4S. The second-order valence-electron chi connectivity index (χ2n) is 5.02. The first kappa shape index (κ1) is 17.4. The van der Waals surface area contributed by atoms with Gasteiger partial charge in [0.25, 0.3) is 0 Å². The number of carbonyl (C=O) groups is 1. The predicted molar refractivity (Wildman–Crippen MR) is 81.4 cm³/mol. The lowest BCUT2D eigenvalue weighted by Crippen LogP contribution is -2.52. The van der Waals surface area contributed by atoms with Gasteiger partial charge in [-0.25, -0.2) is 8.42 Å². The van der Waals surface area contributed by atoms with E-state index in [4.69, 9.17) is 4.74 Å². The van der Waals surface area contributed by atoms with Crippen LogP contribution in [0.2, 0.25) is 0 Å². The zero-order valence-electron chi connectivity index (χ0n) is 12.7. The van der Waals surface area contributed by atoms with Crippen LogP contribution >= 0.6 is 0 Å². The lowest BCUT2D eigenvalue weighted by molar-refractivity contribution is -0.146. The van der Waals surface area contributed by atoms with Crippen LogP contribution in [0, 0.1) is 6.92 Å². The number of esters is 1. The van der Waals surface area contributed by atoms with Crippen molar-refractivity contribution in [3.63, 3.8) is 0 Å². The second kappa shape index (κ2) is 6.87. The van der Waals surface area contributed by atoms with Crippen molar-refractivity contribution in [2.45, 2.75) is 37.6 Å².